The number of para-hydroxylation sites is 2. The molecule has 24 heavy (non-hydrogen) atoms. The molecular formula is C18H12N2O4. The average molecular weight is 320 g/mol. The maximum atomic E-state index is 12.4. The van der Waals surface area contributed by atoms with Crippen LogP contribution in [0.5, 0.6) is 0 Å². The molecule has 0 saturated carbocycles. The van der Waals surface area contributed by atoms with E-state index in [9.17, 15) is 19.2 Å². The molecule has 2 aromatic rings. The lowest BCUT2D eigenvalue weighted by molar-refractivity contribution is -0.115. The molecule has 0 radical (unpaired) electrons. The lowest BCUT2D eigenvalue weighted by Crippen LogP contribution is -2.51. The van der Waals surface area contributed by atoms with Crippen LogP contribution in [0.15, 0.2) is 48.5 Å². The summed E-state index contributed by atoms with van der Waals surface area (Å²) in [5, 5.41) is 0. The summed E-state index contributed by atoms with van der Waals surface area (Å²) < 4.78 is 0. The number of rotatable bonds is 2. The number of ketones is 2. The Hall–Kier alpha value is -3.28. The fraction of sp³-hybridized carbons (Fsp3) is 0.111. The maximum Gasteiger partial charge on any atom is 0.301 e. The predicted molar refractivity (Wildman–Crippen MR) is 86.0 cm³/mol. The number of anilines is 2. The van der Waals surface area contributed by atoms with Gasteiger partial charge in [-0.1, -0.05) is 24.3 Å². The van der Waals surface area contributed by atoms with Crippen LogP contribution in [0, 0.1) is 0 Å². The summed E-state index contributed by atoms with van der Waals surface area (Å²) in [4.78, 5) is 51.7. The fourth-order valence-corrected chi connectivity index (χ4v) is 3.28. The highest BCUT2D eigenvalue weighted by Gasteiger charge is 2.45. The van der Waals surface area contributed by atoms with Crippen molar-refractivity contribution in [3.05, 3.63) is 59.7 Å². The van der Waals surface area contributed by atoms with E-state index in [1.807, 2.05) is 0 Å². The van der Waals surface area contributed by atoms with E-state index in [4.69, 9.17) is 0 Å². The molecule has 0 fully saturated rings. The zero-order chi connectivity index (χ0) is 17.0. The first-order valence-electron chi connectivity index (χ1n) is 7.46. The summed E-state index contributed by atoms with van der Waals surface area (Å²) in [5.41, 5.74) is 1.51. The molecule has 0 unspecified atom stereocenters. The molecule has 0 spiro atoms. The van der Waals surface area contributed by atoms with E-state index in [-0.39, 0.29) is 0 Å². The third-order valence-corrected chi connectivity index (χ3v) is 4.39. The topological polar surface area (TPSA) is 74.8 Å². The Labute approximate surface area is 137 Å². The molecule has 2 aliphatic heterocycles. The van der Waals surface area contributed by atoms with Crippen molar-refractivity contribution in [1.29, 1.82) is 0 Å². The van der Waals surface area contributed by atoms with Gasteiger partial charge in [-0.15, -0.1) is 0 Å². The van der Waals surface area contributed by atoms with Gasteiger partial charge in [0.05, 0.1) is 22.5 Å². The number of hydrogen-bond donors (Lipinski definition) is 0. The van der Waals surface area contributed by atoms with Gasteiger partial charge in [0.25, 0.3) is 11.6 Å². The maximum absolute atomic E-state index is 12.4. The zero-order valence-electron chi connectivity index (χ0n) is 12.7. The molecule has 2 amide bonds. The molecule has 2 aromatic carbocycles. The lowest BCUT2D eigenvalue weighted by atomic mass is 10.1. The minimum atomic E-state index is -0.787. The predicted octanol–water partition coefficient (Wildman–Crippen LogP) is 1.79. The largest absolute Gasteiger partial charge is 0.301 e. The van der Waals surface area contributed by atoms with E-state index in [2.05, 4.69) is 0 Å². The first-order valence-corrected chi connectivity index (χ1v) is 7.46. The highest BCUT2D eigenvalue weighted by molar-refractivity contribution is 6.54. The zero-order valence-corrected chi connectivity index (χ0v) is 12.7. The van der Waals surface area contributed by atoms with E-state index in [1.165, 1.54) is 9.80 Å². The van der Waals surface area contributed by atoms with Crippen molar-refractivity contribution in [3.8, 4) is 0 Å². The van der Waals surface area contributed by atoms with E-state index in [1.54, 1.807) is 55.5 Å². The number of Topliss-reactive ketones (excluding diaryl/α,β-unsaturated/α-hetero) is 2. The van der Waals surface area contributed by atoms with Gasteiger partial charge in [0.15, 0.2) is 0 Å². The van der Waals surface area contributed by atoms with Crippen molar-refractivity contribution in [1.82, 2.24) is 0 Å². The van der Waals surface area contributed by atoms with E-state index < -0.39 is 29.5 Å². The summed E-state index contributed by atoms with van der Waals surface area (Å²) in [6.45, 7) is 1.63. The first-order chi connectivity index (χ1) is 11.5. The lowest BCUT2D eigenvalue weighted by Gasteiger charge is -2.32. The fourth-order valence-electron chi connectivity index (χ4n) is 3.28. The van der Waals surface area contributed by atoms with Crippen LogP contribution in [0.4, 0.5) is 11.4 Å². The van der Waals surface area contributed by atoms with E-state index >= 15 is 0 Å². The van der Waals surface area contributed by atoms with Gasteiger partial charge in [-0.3, -0.25) is 29.0 Å². The Morgan fingerprint density at radius 1 is 0.667 bits per heavy atom. The Morgan fingerprint density at radius 2 is 1.04 bits per heavy atom. The number of carbonyl (C=O) groups is 4. The van der Waals surface area contributed by atoms with Gasteiger partial charge < -0.3 is 0 Å². The Balaban J connectivity index is 1.82. The molecule has 0 bridgehead atoms. The summed E-state index contributed by atoms with van der Waals surface area (Å²) in [7, 11) is 0. The summed E-state index contributed by atoms with van der Waals surface area (Å²) in [6, 6.07) is 13.3. The van der Waals surface area contributed by atoms with Crippen molar-refractivity contribution in [2.45, 2.75) is 13.1 Å². The van der Waals surface area contributed by atoms with Crippen LogP contribution in [-0.2, 0) is 9.59 Å². The number of carbonyl (C=O) groups excluding carboxylic acids is 4. The van der Waals surface area contributed by atoms with Crippen LogP contribution in [0.2, 0.25) is 0 Å². The van der Waals surface area contributed by atoms with E-state index in [0.717, 1.165) is 0 Å². The number of hydrogen-bond acceptors (Lipinski definition) is 4. The van der Waals surface area contributed by atoms with Gasteiger partial charge in [0.2, 0.25) is 0 Å². The van der Waals surface area contributed by atoms with Gasteiger partial charge in [-0.05, 0) is 31.2 Å². The first kappa shape index (κ1) is 14.3. The molecule has 0 aromatic heterocycles. The van der Waals surface area contributed by atoms with Crippen LogP contribution >= 0.6 is 0 Å². The highest BCUT2D eigenvalue weighted by Crippen LogP contribution is 2.36. The molecule has 0 atom stereocenters. The van der Waals surface area contributed by atoms with Crippen LogP contribution in [0.1, 0.15) is 27.6 Å². The molecule has 0 saturated heterocycles. The Kier molecular flexibility index (Phi) is 2.90. The Morgan fingerprint density at radius 3 is 1.46 bits per heavy atom. The Bertz CT molecular complexity index is 859. The molecule has 0 aliphatic carbocycles. The normalized spacial score (nSPS) is 16.2. The molecular weight excluding hydrogens is 308 g/mol. The third-order valence-electron chi connectivity index (χ3n) is 4.39. The molecule has 118 valence electrons. The molecule has 2 heterocycles. The number of nitrogens with zero attached hydrogens (tertiary/aromatic N) is 2. The molecule has 6 nitrogen and oxygen atoms in total. The van der Waals surface area contributed by atoms with Gasteiger partial charge in [0, 0.05) is 0 Å². The minimum Gasteiger partial charge on any atom is -0.284 e. The van der Waals surface area contributed by atoms with Crippen molar-refractivity contribution in [2.24, 2.45) is 0 Å². The smallest absolute Gasteiger partial charge is 0.284 e. The number of fused-ring (bicyclic) bond motifs is 2. The van der Waals surface area contributed by atoms with Crippen LogP contribution < -0.4 is 9.80 Å². The second-order valence-electron chi connectivity index (χ2n) is 5.67. The van der Waals surface area contributed by atoms with Gasteiger partial charge in [-0.2, -0.15) is 0 Å². The van der Waals surface area contributed by atoms with Crippen molar-refractivity contribution >= 4 is 34.8 Å². The van der Waals surface area contributed by atoms with Crippen molar-refractivity contribution in [3.63, 3.8) is 0 Å². The summed E-state index contributed by atoms with van der Waals surface area (Å²) >= 11 is 0. The van der Waals surface area contributed by atoms with Crippen LogP contribution in [0.3, 0.4) is 0 Å². The SMILES string of the molecule is CC(N1C(=O)C(=O)c2ccccc21)N1C(=O)C(=O)c2ccccc21. The van der Waals surface area contributed by atoms with Crippen molar-refractivity contribution in [2.75, 3.05) is 9.80 Å². The molecule has 0 N–H and O–H groups in total. The monoisotopic (exact) mass is 320 g/mol. The molecule has 6 heteroatoms. The number of amides is 2. The molecule has 4 rings (SSSR count). The molecule has 2 aliphatic rings. The van der Waals surface area contributed by atoms with Gasteiger partial charge in [0.1, 0.15) is 6.17 Å². The van der Waals surface area contributed by atoms with E-state index in [0.29, 0.717) is 22.5 Å². The standard InChI is InChI=1S/C18H12N2O4/c1-10(19-13-8-4-2-6-11(13)15(21)17(19)23)20-14-9-5-3-7-12(14)16(22)18(20)24/h2-10H,1H3. The minimum absolute atomic E-state index is 0.306. The van der Waals surface area contributed by atoms with Crippen molar-refractivity contribution < 1.29 is 19.2 Å². The van der Waals surface area contributed by atoms with Crippen LogP contribution in [0.25, 0.3) is 0 Å². The van der Waals surface area contributed by atoms with Crippen LogP contribution in [-0.4, -0.2) is 29.5 Å². The second kappa shape index (κ2) is 4.86. The average Bonchev–Trinajstić information content (AvgIpc) is 3.00. The second-order valence-corrected chi connectivity index (χ2v) is 5.67. The van der Waals surface area contributed by atoms with Gasteiger partial charge in [-0.25, -0.2) is 0 Å². The quantitative estimate of drug-likeness (QED) is 0.791. The van der Waals surface area contributed by atoms with Gasteiger partial charge >= 0.3 is 11.8 Å². The highest BCUT2D eigenvalue weighted by atomic mass is 16.2. The summed E-state index contributed by atoms with van der Waals surface area (Å²) in [5.74, 6) is -2.62. The number of benzene rings is 2. The summed E-state index contributed by atoms with van der Waals surface area (Å²) in [6.07, 6.45) is -0.787. The third kappa shape index (κ3) is 1.70.